The first-order chi connectivity index (χ1) is 13.2. The Morgan fingerprint density at radius 2 is 1.96 bits per heavy atom. The molecule has 27 heavy (non-hydrogen) atoms. The van der Waals surface area contributed by atoms with Crippen LogP contribution in [0.25, 0.3) is 11.0 Å². The number of nitrogen functional groups attached to an aromatic ring is 1. The molecule has 0 aliphatic carbocycles. The standard InChI is InChI=1S/C21H26N4O2/c1-2-27-15-7-14-25-19-11-6-5-10-18(19)23-21(25)24-20(26)13-12-16-8-3-4-9-17(16)22/h3-6,8-11H,2,7,12-15,22H2,1H3,(H,23,24,26). The van der Waals surface area contributed by atoms with Gasteiger partial charge in [-0.25, -0.2) is 4.98 Å². The van der Waals surface area contributed by atoms with E-state index in [1.807, 2.05) is 60.0 Å². The predicted octanol–water partition coefficient (Wildman–Crippen LogP) is 3.62. The highest BCUT2D eigenvalue weighted by Gasteiger charge is 2.13. The average molecular weight is 366 g/mol. The van der Waals surface area contributed by atoms with Crippen molar-refractivity contribution in [2.45, 2.75) is 32.7 Å². The van der Waals surface area contributed by atoms with Gasteiger partial charge in [0.1, 0.15) is 0 Å². The van der Waals surface area contributed by atoms with Gasteiger partial charge in [0, 0.05) is 31.9 Å². The van der Waals surface area contributed by atoms with Crippen LogP contribution in [-0.4, -0.2) is 28.7 Å². The molecule has 1 amide bonds. The third kappa shape index (κ3) is 4.86. The molecular weight excluding hydrogens is 340 g/mol. The number of nitrogens with one attached hydrogen (secondary N) is 1. The zero-order valence-electron chi connectivity index (χ0n) is 15.6. The molecular formula is C21H26N4O2. The summed E-state index contributed by atoms with van der Waals surface area (Å²) < 4.78 is 7.48. The van der Waals surface area contributed by atoms with Crippen molar-refractivity contribution in [1.29, 1.82) is 0 Å². The minimum absolute atomic E-state index is 0.0698. The maximum Gasteiger partial charge on any atom is 0.227 e. The number of ether oxygens (including phenoxy) is 1. The lowest BCUT2D eigenvalue weighted by Crippen LogP contribution is -2.17. The Balaban J connectivity index is 1.69. The highest BCUT2D eigenvalue weighted by Crippen LogP contribution is 2.20. The number of nitrogens with two attached hydrogens (primary N) is 1. The third-order valence-electron chi connectivity index (χ3n) is 4.46. The van der Waals surface area contributed by atoms with Crippen molar-refractivity contribution in [2.24, 2.45) is 0 Å². The van der Waals surface area contributed by atoms with Crippen LogP contribution in [0.4, 0.5) is 11.6 Å². The molecule has 0 atom stereocenters. The molecule has 0 bridgehead atoms. The van der Waals surface area contributed by atoms with Crippen molar-refractivity contribution in [1.82, 2.24) is 9.55 Å². The number of rotatable bonds is 9. The van der Waals surface area contributed by atoms with Gasteiger partial charge in [0.25, 0.3) is 0 Å². The van der Waals surface area contributed by atoms with Gasteiger partial charge in [-0.1, -0.05) is 30.3 Å². The lowest BCUT2D eigenvalue weighted by atomic mass is 10.1. The van der Waals surface area contributed by atoms with Crippen molar-refractivity contribution < 1.29 is 9.53 Å². The van der Waals surface area contributed by atoms with E-state index in [1.54, 1.807) is 0 Å². The molecule has 0 unspecified atom stereocenters. The van der Waals surface area contributed by atoms with Crippen molar-refractivity contribution >= 4 is 28.6 Å². The first kappa shape index (κ1) is 18.9. The van der Waals surface area contributed by atoms with Crippen molar-refractivity contribution in [3.05, 3.63) is 54.1 Å². The molecule has 6 heteroatoms. The molecule has 3 aromatic rings. The van der Waals surface area contributed by atoms with Gasteiger partial charge >= 0.3 is 0 Å². The molecule has 0 saturated heterocycles. The van der Waals surface area contributed by atoms with Crippen LogP contribution in [0.1, 0.15) is 25.3 Å². The molecule has 142 valence electrons. The SMILES string of the molecule is CCOCCCn1c(NC(=O)CCc2ccccc2N)nc2ccccc21. The minimum atomic E-state index is -0.0698. The van der Waals surface area contributed by atoms with Gasteiger partial charge in [-0.2, -0.15) is 0 Å². The number of para-hydroxylation sites is 3. The molecule has 0 saturated carbocycles. The number of amides is 1. The molecule has 3 rings (SSSR count). The van der Waals surface area contributed by atoms with Crippen LogP contribution < -0.4 is 11.1 Å². The predicted molar refractivity (Wildman–Crippen MR) is 109 cm³/mol. The molecule has 1 aromatic heterocycles. The Kier molecular flexibility index (Phi) is 6.44. The maximum absolute atomic E-state index is 12.5. The monoisotopic (exact) mass is 366 g/mol. The molecule has 6 nitrogen and oxygen atoms in total. The molecule has 0 aliphatic heterocycles. The summed E-state index contributed by atoms with van der Waals surface area (Å²) >= 11 is 0. The number of aromatic nitrogens is 2. The van der Waals surface area contributed by atoms with Gasteiger partial charge in [-0.3, -0.25) is 10.1 Å². The number of hydrogen-bond donors (Lipinski definition) is 2. The number of anilines is 2. The van der Waals surface area contributed by atoms with E-state index in [0.29, 0.717) is 37.7 Å². The van der Waals surface area contributed by atoms with Crippen molar-refractivity contribution in [3.8, 4) is 0 Å². The topological polar surface area (TPSA) is 82.2 Å². The number of benzene rings is 2. The van der Waals surface area contributed by atoms with E-state index in [1.165, 1.54) is 0 Å². The number of carbonyl (C=O) groups is 1. The van der Waals surface area contributed by atoms with Gasteiger partial charge < -0.3 is 15.0 Å². The van der Waals surface area contributed by atoms with Gasteiger partial charge in [0.05, 0.1) is 11.0 Å². The average Bonchev–Trinajstić information content (AvgIpc) is 3.01. The fourth-order valence-electron chi connectivity index (χ4n) is 3.06. The molecule has 0 radical (unpaired) electrons. The largest absolute Gasteiger partial charge is 0.399 e. The Labute approximate surface area is 159 Å². The van der Waals surface area contributed by atoms with Gasteiger partial charge in [0.2, 0.25) is 11.9 Å². The summed E-state index contributed by atoms with van der Waals surface area (Å²) in [7, 11) is 0. The summed E-state index contributed by atoms with van der Waals surface area (Å²) in [5.74, 6) is 0.512. The van der Waals surface area contributed by atoms with Crippen LogP contribution in [0.2, 0.25) is 0 Å². The van der Waals surface area contributed by atoms with Crippen LogP contribution >= 0.6 is 0 Å². The van der Waals surface area contributed by atoms with Crippen LogP contribution in [0.3, 0.4) is 0 Å². The second-order valence-corrected chi connectivity index (χ2v) is 6.37. The van der Waals surface area contributed by atoms with E-state index in [-0.39, 0.29) is 5.91 Å². The second-order valence-electron chi connectivity index (χ2n) is 6.37. The van der Waals surface area contributed by atoms with E-state index in [9.17, 15) is 4.79 Å². The van der Waals surface area contributed by atoms with E-state index >= 15 is 0 Å². The smallest absolute Gasteiger partial charge is 0.227 e. The third-order valence-corrected chi connectivity index (χ3v) is 4.46. The molecule has 3 N–H and O–H groups in total. The lowest BCUT2D eigenvalue weighted by Gasteiger charge is -2.10. The minimum Gasteiger partial charge on any atom is -0.399 e. The molecule has 0 aliphatic rings. The van der Waals surface area contributed by atoms with E-state index in [0.717, 1.165) is 29.6 Å². The Bertz CT molecular complexity index is 904. The first-order valence-electron chi connectivity index (χ1n) is 9.35. The van der Waals surface area contributed by atoms with E-state index < -0.39 is 0 Å². The van der Waals surface area contributed by atoms with E-state index in [2.05, 4.69) is 10.3 Å². The zero-order chi connectivity index (χ0) is 19.1. The molecule has 1 heterocycles. The number of fused-ring (bicyclic) bond motifs is 1. The number of carbonyl (C=O) groups excluding carboxylic acids is 1. The van der Waals surface area contributed by atoms with Gasteiger partial charge in [-0.05, 0) is 43.5 Å². The number of aryl methyl sites for hydroxylation is 2. The normalized spacial score (nSPS) is 11.0. The lowest BCUT2D eigenvalue weighted by molar-refractivity contribution is -0.116. The van der Waals surface area contributed by atoms with Gasteiger partial charge in [0.15, 0.2) is 0 Å². The second kappa shape index (κ2) is 9.19. The van der Waals surface area contributed by atoms with Crippen molar-refractivity contribution in [3.63, 3.8) is 0 Å². The number of imidazole rings is 1. The van der Waals surface area contributed by atoms with E-state index in [4.69, 9.17) is 10.5 Å². The number of hydrogen-bond acceptors (Lipinski definition) is 4. The summed E-state index contributed by atoms with van der Waals surface area (Å²) in [5, 5.41) is 2.96. The summed E-state index contributed by atoms with van der Waals surface area (Å²) in [6.07, 6.45) is 1.82. The highest BCUT2D eigenvalue weighted by atomic mass is 16.5. The highest BCUT2D eigenvalue weighted by molar-refractivity contribution is 5.91. The fraction of sp³-hybridized carbons (Fsp3) is 0.333. The quantitative estimate of drug-likeness (QED) is 0.448. The summed E-state index contributed by atoms with van der Waals surface area (Å²) in [6, 6.07) is 15.5. The summed E-state index contributed by atoms with van der Waals surface area (Å²) in [4.78, 5) is 17.1. The molecule has 0 spiro atoms. The van der Waals surface area contributed by atoms with Crippen LogP contribution in [-0.2, 0) is 22.5 Å². The summed E-state index contributed by atoms with van der Waals surface area (Å²) in [6.45, 7) is 4.11. The molecule has 0 fully saturated rings. The number of nitrogens with zero attached hydrogens (tertiary/aromatic N) is 2. The Morgan fingerprint density at radius 3 is 2.78 bits per heavy atom. The zero-order valence-corrected chi connectivity index (χ0v) is 15.6. The van der Waals surface area contributed by atoms with Gasteiger partial charge in [-0.15, -0.1) is 0 Å². The van der Waals surface area contributed by atoms with Crippen LogP contribution in [0, 0.1) is 0 Å². The van der Waals surface area contributed by atoms with Crippen molar-refractivity contribution in [2.75, 3.05) is 24.3 Å². The fourth-order valence-corrected chi connectivity index (χ4v) is 3.06. The Morgan fingerprint density at radius 1 is 1.19 bits per heavy atom. The van der Waals surface area contributed by atoms with Crippen LogP contribution in [0.15, 0.2) is 48.5 Å². The molecule has 2 aromatic carbocycles. The first-order valence-corrected chi connectivity index (χ1v) is 9.35. The Hall–Kier alpha value is -2.86. The summed E-state index contributed by atoms with van der Waals surface area (Å²) in [5.41, 5.74) is 9.54. The maximum atomic E-state index is 12.5. The van der Waals surface area contributed by atoms with Crippen LogP contribution in [0.5, 0.6) is 0 Å².